The lowest BCUT2D eigenvalue weighted by Crippen LogP contribution is -2.10. The van der Waals surface area contributed by atoms with Crippen molar-refractivity contribution in [2.75, 3.05) is 0 Å². The van der Waals surface area contributed by atoms with E-state index in [1.54, 1.807) is 11.8 Å². The van der Waals surface area contributed by atoms with Crippen LogP contribution in [0.5, 0.6) is 0 Å². The van der Waals surface area contributed by atoms with Gasteiger partial charge in [-0.05, 0) is 5.41 Å². The third-order valence-electron chi connectivity index (χ3n) is 1.15. The van der Waals surface area contributed by atoms with E-state index in [1.807, 2.05) is 5.41 Å². The van der Waals surface area contributed by atoms with Gasteiger partial charge in [0.25, 0.3) is 0 Å². The summed E-state index contributed by atoms with van der Waals surface area (Å²) in [7, 11) is 0. The molecule has 0 saturated heterocycles. The van der Waals surface area contributed by atoms with Crippen molar-refractivity contribution in [1.82, 2.24) is 0 Å². The Morgan fingerprint density at radius 1 is 1.55 bits per heavy atom. The molecule has 2 nitrogen and oxygen atoms in total. The van der Waals surface area contributed by atoms with Crippen LogP contribution in [0.25, 0.3) is 0 Å². The summed E-state index contributed by atoms with van der Waals surface area (Å²) in [5.41, 5.74) is 0.298. The van der Waals surface area contributed by atoms with Gasteiger partial charge in [-0.15, -0.1) is 10.2 Å². The van der Waals surface area contributed by atoms with Crippen LogP contribution in [0.1, 0.15) is 27.2 Å². The van der Waals surface area contributed by atoms with Gasteiger partial charge < -0.3 is 0 Å². The minimum absolute atomic E-state index is 0.298. The van der Waals surface area contributed by atoms with Gasteiger partial charge in [0.05, 0.1) is 0 Å². The topological polar surface area (TPSA) is 24.7 Å². The van der Waals surface area contributed by atoms with Crippen molar-refractivity contribution >= 4 is 22.7 Å². The first-order valence-corrected chi connectivity index (χ1v) is 4.46. The highest BCUT2D eigenvalue weighted by Gasteiger charge is 2.14. The zero-order valence-electron chi connectivity index (χ0n) is 7.09. The van der Waals surface area contributed by atoms with Crippen LogP contribution in [0.4, 0.5) is 0 Å². The lowest BCUT2D eigenvalue weighted by Gasteiger charge is -2.17. The number of rotatable bonds is 1. The maximum atomic E-state index is 3.98. The summed E-state index contributed by atoms with van der Waals surface area (Å²) in [4.78, 5) is 0. The van der Waals surface area contributed by atoms with Crippen molar-refractivity contribution in [3.05, 3.63) is 5.41 Å². The Balaban J connectivity index is 2.53. The van der Waals surface area contributed by atoms with Crippen molar-refractivity contribution in [2.24, 2.45) is 15.6 Å². The van der Waals surface area contributed by atoms with Crippen molar-refractivity contribution in [3.63, 3.8) is 0 Å². The van der Waals surface area contributed by atoms with E-state index in [0.717, 1.165) is 11.5 Å². The van der Waals surface area contributed by atoms with E-state index >= 15 is 0 Å². The lowest BCUT2D eigenvalue weighted by atomic mass is 9.93. The van der Waals surface area contributed by atoms with Crippen molar-refractivity contribution in [1.29, 1.82) is 0 Å². The minimum Gasteiger partial charge on any atom is -0.139 e. The Kier molecular flexibility index (Phi) is 2.53. The van der Waals surface area contributed by atoms with Crippen LogP contribution in [0.3, 0.4) is 0 Å². The Hall–Kier alpha value is -0.530. The molecule has 0 spiro atoms. The molecule has 0 amide bonds. The summed E-state index contributed by atoms with van der Waals surface area (Å²) >= 11 is 1.61. The molecule has 0 aliphatic carbocycles. The SMILES string of the molecule is CC(C)(C)CC1=NN=C=CS1. The molecule has 0 atom stereocenters. The van der Waals surface area contributed by atoms with Crippen molar-refractivity contribution in [3.8, 4) is 0 Å². The Morgan fingerprint density at radius 3 is 2.73 bits per heavy atom. The number of hydrogen-bond donors (Lipinski definition) is 0. The zero-order valence-corrected chi connectivity index (χ0v) is 7.90. The number of hydrogen-bond acceptors (Lipinski definition) is 3. The van der Waals surface area contributed by atoms with Crippen LogP contribution in [0.15, 0.2) is 15.6 Å². The Morgan fingerprint density at radius 2 is 2.27 bits per heavy atom. The smallest absolute Gasteiger partial charge is 0.102 e. The first kappa shape index (κ1) is 8.57. The number of nitrogens with zero attached hydrogens (tertiary/aromatic N) is 2. The lowest BCUT2D eigenvalue weighted by molar-refractivity contribution is 0.436. The number of thioether (sulfide) groups is 1. The van der Waals surface area contributed by atoms with Crippen LogP contribution in [-0.4, -0.2) is 10.9 Å². The van der Waals surface area contributed by atoms with Gasteiger partial charge in [-0.1, -0.05) is 32.5 Å². The van der Waals surface area contributed by atoms with Gasteiger partial charge >= 0.3 is 0 Å². The third kappa shape index (κ3) is 3.40. The van der Waals surface area contributed by atoms with E-state index < -0.39 is 0 Å². The molecule has 1 heterocycles. The summed E-state index contributed by atoms with van der Waals surface area (Å²) in [6.07, 6.45) is 0.985. The molecule has 1 aliphatic rings. The molecule has 0 aromatic carbocycles. The first-order valence-electron chi connectivity index (χ1n) is 3.58. The van der Waals surface area contributed by atoms with Crippen LogP contribution >= 0.6 is 11.8 Å². The highest BCUT2D eigenvalue weighted by atomic mass is 32.2. The van der Waals surface area contributed by atoms with Crippen LogP contribution in [-0.2, 0) is 0 Å². The average Bonchev–Trinajstić information content (AvgIpc) is 1.85. The van der Waals surface area contributed by atoms with Crippen LogP contribution in [0.2, 0.25) is 0 Å². The standard InChI is InChI=1S/C8H12N2S/c1-8(2,3)6-7-10-9-4-5-11-7/h5H,6H2,1-3H3. The molecule has 0 saturated carbocycles. The summed E-state index contributed by atoms with van der Waals surface area (Å²) in [6.45, 7) is 6.58. The van der Waals surface area contributed by atoms with Gasteiger partial charge in [0.1, 0.15) is 5.04 Å². The fourth-order valence-electron chi connectivity index (χ4n) is 0.757. The molecule has 0 radical (unpaired) electrons. The second kappa shape index (κ2) is 3.24. The van der Waals surface area contributed by atoms with Crippen LogP contribution in [0, 0.1) is 5.41 Å². The summed E-state index contributed by atoms with van der Waals surface area (Å²) < 4.78 is 0. The second-order valence-corrected chi connectivity index (χ2v) is 4.64. The Bertz CT molecular complexity index is 229. The molecule has 1 aliphatic heterocycles. The molecule has 60 valence electrons. The van der Waals surface area contributed by atoms with Gasteiger partial charge in [-0.2, -0.15) is 0 Å². The molecular weight excluding hydrogens is 156 g/mol. The normalized spacial score (nSPS) is 16.8. The summed E-state index contributed by atoms with van der Waals surface area (Å²) in [5.74, 6) is 2.68. The van der Waals surface area contributed by atoms with Crippen LogP contribution < -0.4 is 0 Å². The second-order valence-electron chi connectivity index (χ2n) is 3.70. The van der Waals surface area contributed by atoms with Gasteiger partial charge in [-0.25, -0.2) is 0 Å². The van der Waals surface area contributed by atoms with E-state index in [1.165, 1.54) is 0 Å². The largest absolute Gasteiger partial charge is 0.139 e. The first-order chi connectivity index (χ1) is 5.08. The van der Waals surface area contributed by atoms with Gasteiger partial charge in [0.15, 0.2) is 0 Å². The summed E-state index contributed by atoms with van der Waals surface area (Å²) in [6, 6.07) is 0. The van der Waals surface area contributed by atoms with E-state index in [9.17, 15) is 0 Å². The van der Waals surface area contributed by atoms with E-state index in [2.05, 4.69) is 36.8 Å². The quantitative estimate of drug-likeness (QED) is 0.590. The minimum atomic E-state index is 0.298. The molecule has 11 heavy (non-hydrogen) atoms. The molecule has 0 aromatic rings. The average molecular weight is 168 g/mol. The maximum Gasteiger partial charge on any atom is 0.102 e. The van der Waals surface area contributed by atoms with Gasteiger partial charge in [0, 0.05) is 17.7 Å². The van der Waals surface area contributed by atoms with Gasteiger partial charge in [-0.3, -0.25) is 0 Å². The molecule has 0 unspecified atom stereocenters. The van der Waals surface area contributed by atoms with Gasteiger partial charge in [0.2, 0.25) is 0 Å². The maximum absolute atomic E-state index is 3.98. The monoisotopic (exact) mass is 168 g/mol. The van der Waals surface area contributed by atoms with E-state index in [0.29, 0.717) is 5.41 Å². The predicted molar refractivity (Wildman–Crippen MR) is 51.1 cm³/mol. The third-order valence-corrected chi connectivity index (χ3v) is 1.87. The van der Waals surface area contributed by atoms with Crippen molar-refractivity contribution in [2.45, 2.75) is 27.2 Å². The molecule has 0 bridgehead atoms. The van der Waals surface area contributed by atoms with Crippen molar-refractivity contribution < 1.29 is 0 Å². The highest BCUT2D eigenvalue weighted by molar-refractivity contribution is 8.16. The molecule has 1 rings (SSSR count). The fourth-order valence-corrected chi connectivity index (χ4v) is 1.60. The fraction of sp³-hybridized carbons (Fsp3) is 0.625. The molecule has 0 aromatic heterocycles. The zero-order chi connectivity index (χ0) is 8.32. The Labute approximate surface area is 71.5 Å². The van der Waals surface area contributed by atoms with E-state index in [4.69, 9.17) is 0 Å². The summed E-state index contributed by atoms with van der Waals surface area (Å²) in [5, 5.41) is 10.6. The molecule has 3 heteroatoms. The molecular formula is C8H12N2S. The molecule has 0 fully saturated rings. The predicted octanol–water partition coefficient (Wildman–Crippen LogP) is 2.67. The highest BCUT2D eigenvalue weighted by Crippen LogP contribution is 2.24. The van der Waals surface area contributed by atoms with E-state index in [-0.39, 0.29) is 0 Å². The molecule has 0 N–H and O–H groups in total.